The maximum Gasteiger partial charge on any atom is 0.573 e. The fourth-order valence-electron chi connectivity index (χ4n) is 3.29. The van der Waals surface area contributed by atoms with Crippen molar-refractivity contribution in [1.82, 2.24) is 4.98 Å². The number of hydrogen-bond acceptors (Lipinski definition) is 7. The Hall–Kier alpha value is -4.37. The van der Waals surface area contributed by atoms with Crippen LogP contribution in [0, 0.1) is 12.7 Å². The first-order chi connectivity index (χ1) is 19.3. The maximum absolute atomic E-state index is 15.3. The van der Waals surface area contributed by atoms with E-state index in [1.165, 1.54) is 6.92 Å². The Bertz CT molecular complexity index is 1510. The zero-order chi connectivity index (χ0) is 31.6. The number of amides is 1. The second-order valence-electron chi connectivity index (χ2n) is 8.34. The van der Waals surface area contributed by atoms with Crippen molar-refractivity contribution in [3.8, 4) is 23.0 Å². The molecule has 1 aromatic heterocycles. The van der Waals surface area contributed by atoms with Crippen LogP contribution < -0.4 is 19.5 Å². The molecule has 1 N–H and O–H groups in total. The summed E-state index contributed by atoms with van der Waals surface area (Å²) in [6, 6.07) is 3.91. The summed E-state index contributed by atoms with van der Waals surface area (Å²) >= 11 is 0. The van der Waals surface area contributed by atoms with Crippen molar-refractivity contribution in [2.45, 2.75) is 24.8 Å². The Labute approximate surface area is 236 Å². The van der Waals surface area contributed by atoms with Crippen molar-refractivity contribution >= 4 is 41.1 Å². The molecule has 18 heteroatoms. The Kier molecular flexibility index (Phi) is 9.08. The molecule has 1 amide bonds. The van der Waals surface area contributed by atoms with Crippen molar-refractivity contribution in [3.63, 3.8) is 0 Å². The van der Waals surface area contributed by atoms with E-state index in [4.69, 9.17) is 33.0 Å². The fourth-order valence-corrected chi connectivity index (χ4v) is 3.29. The number of esters is 1. The highest BCUT2D eigenvalue weighted by atomic mass is 19.4. The first-order valence-corrected chi connectivity index (χ1v) is 11.2. The molecule has 0 unspecified atom stereocenters. The molecule has 42 heavy (non-hydrogen) atoms. The van der Waals surface area contributed by atoms with Gasteiger partial charge >= 0.3 is 18.5 Å². The molecule has 0 aliphatic carbocycles. The SMILES string of the molecule is [B]C([B])([B])Oc1cc(OC(F)(F)F)ccc1Oc1ccc(C(F)(F)F)c(F)c1C(=O)Nc1cc(C(=O)OC)ncc1C. The minimum Gasteiger partial charge on any atom is -0.512 e. The van der Waals surface area contributed by atoms with E-state index in [-0.39, 0.29) is 23.0 Å². The van der Waals surface area contributed by atoms with Crippen molar-refractivity contribution < 1.29 is 59.3 Å². The summed E-state index contributed by atoms with van der Waals surface area (Å²) in [5.74, 6) is -7.54. The number of hydrogen-bond donors (Lipinski definition) is 1. The Morgan fingerprint density at radius 2 is 1.55 bits per heavy atom. The lowest BCUT2D eigenvalue weighted by atomic mass is 9.52. The molecule has 214 valence electrons. The topological polar surface area (TPSA) is 96.0 Å². The van der Waals surface area contributed by atoms with Gasteiger partial charge in [-0.05, 0) is 48.1 Å². The van der Waals surface area contributed by atoms with Gasteiger partial charge in [-0.2, -0.15) is 13.2 Å². The number of nitrogens with zero attached hydrogens (tertiary/aromatic N) is 1. The van der Waals surface area contributed by atoms with E-state index >= 15 is 4.39 Å². The summed E-state index contributed by atoms with van der Waals surface area (Å²) in [7, 11) is 17.1. The van der Waals surface area contributed by atoms with Crippen molar-refractivity contribution in [2.24, 2.45) is 0 Å². The van der Waals surface area contributed by atoms with Crippen LogP contribution in [0.3, 0.4) is 0 Å². The van der Waals surface area contributed by atoms with Gasteiger partial charge in [0.15, 0.2) is 17.3 Å². The highest BCUT2D eigenvalue weighted by Crippen LogP contribution is 2.41. The standard InChI is InChI=1S/C24H14B3F7N2O6/c1-10-9-35-14(21(38)39-2)8-13(10)36-20(37)18-16(6-4-12(19(18)28)22(29,30)31)40-15-5-3-11(41-24(32,33)34)7-17(15)42-23(25,26)27/h3-9H,1-2H3,(H,35,36,37). The molecule has 0 aliphatic heterocycles. The van der Waals surface area contributed by atoms with Crippen LogP contribution in [0.15, 0.2) is 42.6 Å². The molecule has 2 aromatic carbocycles. The summed E-state index contributed by atoms with van der Waals surface area (Å²) in [5, 5.41) is -0.348. The van der Waals surface area contributed by atoms with Crippen LogP contribution in [-0.4, -0.2) is 59.2 Å². The van der Waals surface area contributed by atoms with E-state index in [2.05, 4.69) is 19.8 Å². The zero-order valence-electron chi connectivity index (χ0n) is 21.3. The lowest BCUT2D eigenvalue weighted by molar-refractivity contribution is -0.274. The number of anilines is 1. The average Bonchev–Trinajstić information content (AvgIpc) is 2.83. The molecule has 0 saturated carbocycles. The number of methoxy groups -OCH3 is 1. The molecule has 8 nitrogen and oxygen atoms in total. The Morgan fingerprint density at radius 3 is 2.12 bits per heavy atom. The van der Waals surface area contributed by atoms with Crippen molar-refractivity contribution in [2.75, 3.05) is 12.4 Å². The highest BCUT2D eigenvalue weighted by molar-refractivity contribution is 6.58. The second kappa shape index (κ2) is 11.9. The molecule has 6 radical (unpaired) electrons. The number of halogens is 7. The molecular weight excluding hydrogens is 578 g/mol. The van der Waals surface area contributed by atoms with Gasteiger partial charge in [0.05, 0.1) is 12.7 Å². The van der Waals surface area contributed by atoms with E-state index in [9.17, 15) is 35.9 Å². The molecule has 0 fully saturated rings. The summed E-state index contributed by atoms with van der Waals surface area (Å²) in [5.41, 5.74) is -3.38. The number of ether oxygens (including phenoxy) is 4. The third kappa shape index (κ3) is 8.10. The number of aromatic nitrogens is 1. The van der Waals surface area contributed by atoms with Crippen LogP contribution in [0.4, 0.5) is 36.4 Å². The van der Waals surface area contributed by atoms with Crippen LogP contribution >= 0.6 is 0 Å². The molecule has 0 aliphatic rings. The molecule has 0 bridgehead atoms. The smallest absolute Gasteiger partial charge is 0.512 e. The van der Waals surface area contributed by atoms with Crippen LogP contribution in [0.2, 0.25) is 0 Å². The van der Waals surface area contributed by atoms with Gasteiger partial charge in [-0.15, -0.1) is 13.2 Å². The molecular formula is C24H14B3F7N2O6. The molecule has 0 atom stereocenters. The quantitative estimate of drug-likeness (QED) is 0.229. The van der Waals surface area contributed by atoms with E-state index in [1.54, 1.807) is 0 Å². The number of benzene rings is 2. The lowest BCUT2D eigenvalue weighted by Crippen LogP contribution is -2.37. The van der Waals surface area contributed by atoms with E-state index < -0.39 is 69.7 Å². The van der Waals surface area contributed by atoms with Crippen LogP contribution in [0.25, 0.3) is 0 Å². The number of nitrogens with one attached hydrogen (secondary N) is 1. The molecule has 0 saturated heterocycles. The predicted octanol–water partition coefficient (Wildman–Crippen LogP) is 4.77. The van der Waals surface area contributed by atoms with Crippen LogP contribution in [0.1, 0.15) is 32.0 Å². The monoisotopic (exact) mass is 592 g/mol. The Morgan fingerprint density at radius 1 is 0.905 bits per heavy atom. The van der Waals surface area contributed by atoms with Gasteiger partial charge in [0.25, 0.3) is 5.91 Å². The number of rotatable bonds is 8. The van der Waals surface area contributed by atoms with Gasteiger partial charge in [0, 0.05) is 18.0 Å². The van der Waals surface area contributed by atoms with Gasteiger partial charge in [0.1, 0.15) is 46.3 Å². The van der Waals surface area contributed by atoms with E-state index in [0.717, 1.165) is 25.4 Å². The second-order valence-corrected chi connectivity index (χ2v) is 8.34. The number of aryl methyl sites for hydroxylation is 1. The summed E-state index contributed by atoms with van der Waals surface area (Å²) in [4.78, 5) is 28.8. The number of carbonyl (C=O) groups excluding carboxylic acids is 2. The highest BCUT2D eigenvalue weighted by Gasteiger charge is 2.38. The summed E-state index contributed by atoms with van der Waals surface area (Å²) in [6.07, 6.45) is -9.27. The summed E-state index contributed by atoms with van der Waals surface area (Å²) in [6.45, 7) is 1.41. The third-order valence-electron chi connectivity index (χ3n) is 5.04. The third-order valence-corrected chi connectivity index (χ3v) is 5.04. The van der Waals surface area contributed by atoms with Crippen molar-refractivity contribution in [1.29, 1.82) is 0 Å². The fraction of sp³-hybridized carbons (Fsp3) is 0.208. The molecule has 3 aromatic rings. The van der Waals surface area contributed by atoms with Gasteiger partial charge in [-0.3, -0.25) is 4.79 Å². The largest absolute Gasteiger partial charge is 0.573 e. The zero-order valence-corrected chi connectivity index (χ0v) is 21.3. The predicted molar refractivity (Wildman–Crippen MR) is 133 cm³/mol. The summed E-state index contributed by atoms with van der Waals surface area (Å²) < 4.78 is 113. The van der Waals surface area contributed by atoms with Crippen LogP contribution in [-0.2, 0) is 10.9 Å². The molecule has 3 rings (SSSR count). The van der Waals surface area contributed by atoms with E-state index in [1.807, 2.05) is 0 Å². The first-order valence-electron chi connectivity index (χ1n) is 11.2. The number of pyridine rings is 1. The Balaban J connectivity index is 2.13. The van der Waals surface area contributed by atoms with Gasteiger partial charge < -0.3 is 24.3 Å². The van der Waals surface area contributed by atoms with Gasteiger partial charge in [-0.25, -0.2) is 14.2 Å². The average molecular weight is 592 g/mol. The maximum atomic E-state index is 15.3. The van der Waals surface area contributed by atoms with Crippen LogP contribution in [0.5, 0.6) is 23.0 Å². The van der Waals surface area contributed by atoms with Gasteiger partial charge in [-0.1, -0.05) is 0 Å². The number of carbonyl (C=O) groups is 2. The molecule has 1 heterocycles. The first kappa shape index (κ1) is 32.2. The minimum absolute atomic E-state index is 0.157. The minimum atomic E-state index is -5.26. The normalized spacial score (nSPS) is 11.9. The van der Waals surface area contributed by atoms with Gasteiger partial charge in [0.2, 0.25) is 0 Å². The lowest BCUT2D eigenvalue weighted by Gasteiger charge is -2.25. The van der Waals surface area contributed by atoms with E-state index in [0.29, 0.717) is 18.2 Å². The van der Waals surface area contributed by atoms with Crippen molar-refractivity contribution in [3.05, 3.63) is 70.8 Å². The molecule has 0 spiro atoms. The number of alkyl halides is 6.